The summed E-state index contributed by atoms with van der Waals surface area (Å²) in [7, 11) is -7.83. The van der Waals surface area contributed by atoms with E-state index in [0.717, 1.165) is 11.1 Å². The van der Waals surface area contributed by atoms with Crippen molar-refractivity contribution < 1.29 is 16.8 Å². The predicted octanol–water partition coefficient (Wildman–Crippen LogP) is 4.01. The van der Waals surface area contributed by atoms with E-state index < -0.39 is 26.2 Å². The van der Waals surface area contributed by atoms with Crippen molar-refractivity contribution in [2.75, 3.05) is 12.4 Å². The molecule has 3 rings (SSSR count). The predicted molar refractivity (Wildman–Crippen MR) is 132 cm³/mol. The van der Waals surface area contributed by atoms with Crippen LogP contribution in [0.1, 0.15) is 31.9 Å². The van der Waals surface area contributed by atoms with E-state index in [2.05, 4.69) is 4.40 Å². The van der Waals surface area contributed by atoms with Gasteiger partial charge in [0.25, 0.3) is 10.0 Å². The normalized spacial score (nSPS) is 20.6. The molecule has 0 aliphatic carbocycles. The maximum absolute atomic E-state index is 13.5. The fraction of sp³-hybridized carbons (Fsp3) is 0.435. The summed E-state index contributed by atoms with van der Waals surface area (Å²) >= 11 is 6.19. The van der Waals surface area contributed by atoms with E-state index in [4.69, 9.17) is 11.6 Å². The van der Waals surface area contributed by atoms with Crippen LogP contribution in [0.25, 0.3) is 0 Å². The molecule has 10 heteroatoms. The van der Waals surface area contributed by atoms with E-state index >= 15 is 0 Å². The van der Waals surface area contributed by atoms with Gasteiger partial charge in [0.2, 0.25) is 10.0 Å². The summed E-state index contributed by atoms with van der Waals surface area (Å²) in [6.07, 6.45) is -0.628. The van der Waals surface area contributed by atoms with E-state index in [0.29, 0.717) is 0 Å². The lowest BCUT2D eigenvalue weighted by atomic mass is 10.1. The maximum Gasteiger partial charge on any atom is 0.283 e. The fourth-order valence-electron chi connectivity index (χ4n) is 4.04. The molecule has 0 radical (unpaired) electrons. The number of alkyl halides is 1. The van der Waals surface area contributed by atoms with Crippen LogP contribution in [0.3, 0.4) is 0 Å². The molecule has 33 heavy (non-hydrogen) atoms. The maximum atomic E-state index is 13.5. The molecule has 0 N–H and O–H groups in total. The van der Waals surface area contributed by atoms with Gasteiger partial charge in [0, 0.05) is 12.6 Å². The summed E-state index contributed by atoms with van der Waals surface area (Å²) in [5.41, 5.74) is 1.89. The third-order valence-electron chi connectivity index (χ3n) is 5.68. The van der Waals surface area contributed by atoms with E-state index in [1.54, 1.807) is 41.3 Å². The third kappa shape index (κ3) is 5.26. The SMILES string of the molecule is Cc1ccc(S(=O)(=O)/N=C(/CCl)N2C(C)CN(S(=O)(=O)c3ccc(C)cc3)C2C(C)C)cc1. The van der Waals surface area contributed by atoms with E-state index in [1.165, 1.54) is 16.4 Å². The molecular weight excluding hydrogens is 482 g/mol. The second-order valence-corrected chi connectivity index (χ2v) is 12.5. The highest BCUT2D eigenvalue weighted by atomic mass is 35.5. The second-order valence-electron chi connectivity index (χ2n) is 8.73. The van der Waals surface area contributed by atoms with E-state index in [-0.39, 0.29) is 40.0 Å². The molecule has 1 heterocycles. The van der Waals surface area contributed by atoms with Crippen molar-refractivity contribution >= 4 is 37.5 Å². The largest absolute Gasteiger partial charge is 0.337 e. The van der Waals surface area contributed by atoms with Crippen molar-refractivity contribution in [1.29, 1.82) is 0 Å². The zero-order chi connectivity index (χ0) is 24.6. The van der Waals surface area contributed by atoms with Gasteiger partial charge < -0.3 is 4.90 Å². The minimum absolute atomic E-state index is 0.0628. The minimum atomic E-state index is -4.01. The minimum Gasteiger partial charge on any atom is -0.337 e. The Morgan fingerprint density at radius 1 is 0.970 bits per heavy atom. The summed E-state index contributed by atoms with van der Waals surface area (Å²) < 4.78 is 58.5. The van der Waals surface area contributed by atoms with Crippen LogP contribution in [0.5, 0.6) is 0 Å². The van der Waals surface area contributed by atoms with Gasteiger partial charge in [0.15, 0.2) is 0 Å². The Labute approximate surface area is 202 Å². The molecule has 0 spiro atoms. The summed E-state index contributed by atoms with van der Waals surface area (Å²) in [4.78, 5) is 1.99. The van der Waals surface area contributed by atoms with Crippen molar-refractivity contribution in [3.63, 3.8) is 0 Å². The van der Waals surface area contributed by atoms with Crippen LogP contribution in [0.4, 0.5) is 0 Å². The lowest BCUT2D eigenvalue weighted by Gasteiger charge is -2.35. The molecule has 7 nitrogen and oxygen atoms in total. The number of amidine groups is 1. The van der Waals surface area contributed by atoms with Gasteiger partial charge in [0.05, 0.1) is 15.7 Å². The quantitative estimate of drug-likeness (QED) is 0.332. The Hall–Kier alpha value is -1.94. The Morgan fingerprint density at radius 2 is 1.45 bits per heavy atom. The monoisotopic (exact) mass is 511 g/mol. The number of rotatable bonds is 6. The fourth-order valence-corrected chi connectivity index (χ4v) is 7.13. The zero-order valence-electron chi connectivity index (χ0n) is 19.4. The van der Waals surface area contributed by atoms with Crippen LogP contribution in [0.2, 0.25) is 0 Å². The number of benzene rings is 2. The molecule has 1 aliphatic rings. The van der Waals surface area contributed by atoms with Gasteiger partial charge in [-0.1, -0.05) is 49.2 Å². The van der Waals surface area contributed by atoms with Crippen LogP contribution in [-0.4, -0.2) is 56.5 Å². The summed E-state index contributed by atoms with van der Waals surface area (Å²) in [5.74, 6) is -0.187. The Bertz CT molecular complexity index is 1230. The average Bonchev–Trinajstić information content (AvgIpc) is 3.11. The van der Waals surface area contributed by atoms with Crippen molar-refractivity contribution in [2.45, 2.75) is 56.6 Å². The second kappa shape index (κ2) is 9.74. The summed E-state index contributed by atoms with van der Waals surface area (Å²) in [6, 6.07) is 12.8. The molecule has 0 saturated carbocycles. The van der Waals surface area contributed by atoms with Gasteiger partial charge in [0.1, 0.15) is 12.0 Å². The number of hydrogen-bond acceptors (Lipinski definition) is 4. The molecule has 2 aromatic carbocycles. The van der Waals surface area contributed by atoms with E-state index in [9.17, 15) is 16.8 Å². The highest BCUT2D eigenvalue weighted by Crippen LogP contribution is 2.33. The molecule has 0 aromatic heterocycles. The molecule has 180 valence electrons. The molecule has 1 aliphatic heterocycles. The van der Waals surface area contributed by atoms with Crippen LogP contribution < -0.4 is 0 Å². The van der Waals surface area contributed by atoms with Gasteiger partial charge in [-0.15, -0.1) is 16.0 Å². The van der Waals surface area contributed by atoms with Gasteiger partial charge >= 0.3 is 0 Å². The molecule has 1 saturated heterocycles. The van der Waals surface area contributed by atoms with Crippen LogP contribution in [0.15, 0.2) is 62.7 Å². The number of halogens is 1. The smallest absolute Gasteiger partial charge is 0.283 e. The van der Waals surface area contributed by atoms with Crippen molar-refractivity contribution in [3.05, 3.63) is 59.7 Å². The first-order valence-electron chi connectivity index (χ1n) is 10.7. The molecule has 2 unspecified atom stereocenters. The molecule has 2 aromatic rings. The summed E-state index contributed by atoms with van der Waals surface area (Å²) in [5, 5.41) is 0. The lowest BCUT2D eigenvalue weighted by molar-refractivity contribution is 0.198. The molecule has 0 bridgehead atoms. The zero-order valence-corrected chi connectivity index (χ0v) is 21.8. The van der Waals surface area contributed by atoms with Crippen LogP contribution in [0, 0.1) is 19.8 Å². The van der Waals surface area contributed by atoms with Crippen molar-refractivity contribution in [3.8, 4) is 0 Å². The van der Waals surface area contributed by atoms with Crippen LogP contribution >= 0.6 is 11.6 Å². The standard InChI is InChI=1S/C23H30ClN3O4S2/c1-16(2)23-26(33(30,31)21-12-8-18(4)9-13-21)15-19(5)27(23)22(14-24)25-32(28,29)20-10-6-17(3)7-11-20/h6-13,16,19,23H,14-15H2,1-5H3/b25-22-. The third-order valence-corrected chi connectivity index (χ3v) is 9.09. The number of sulfonamides is 2. The Kier molecular flexibility index (Phi) is 7.58. The van der Waals surface area contributed by atoms with Gasteiger partial charge in [-0.05, 0) is 51.0 Å². The first kappa shape index (κ1) is 25.7. The van der Waals surface area contributed by atoms with Crippen molar-refractivity contribution in [2.24, 2.45) is 10.3 Å². The Balaban J connectivity index is 2.04. The summed E-state index contributed by atoms with van der Waals surface area (Å²) in [6.45, 7) is 9.60. The first-order valence-corrected chi connectivity index (χ1v) is 14.1. The van der Waals surface area contributed by atoms with Gasteiger partial charge in [-0.2, -0.15) is 12.7 Å². The molecule has 0 amide bonds. The van der Waals surface area contributed by atoms with Gasteiger partial charge in [-0.25, -0.2) is 8.42 Å². The van der Waals surface area contributed by atoms with E-state index in [1.807, 2.05) is 34.6 Å². The molecule has 2 atom stereocenters. The first-order chi connectivity index (χ1) is 15.4. The Morgan fingerprint density at radius 3 is 1.91 bits per heavy atom. The highest BCUT2D eigenvalue weighted by molar-refractivity contribution is 7.90. The van der Waals surface area contributed by atoms with Crippen molar-refractivity contribution in [1.82, 2.24) is 9.21 Å². The average molecular weight is 512 g/mol. The number of aryl methyl sites for hydroxylation is 2. The number of nitrogens with zero attached hydrogens (tertiary/aromatic N) is 3. The van der Waals surface area contributed by atoms with Crippen LogP contribution in [-0.2, 0) is 20.0 Å². The topological polar surface area (TPSA) is 87.1 Å². The van der Waals surface area contributed by atoms with Gasteiger partial charge in [-0.3, -0.25) is 0 Å². The highest BCUT2D eigenvalue weighted by Gasteiger charge is 2.46. The molecular formula is C23H30ClN3O4S2. The molecule has 1 fully saturated rings. The lowest BCUT2D eigenvalue weighted by Crippen LogP contribution is -2.49. The number of hydrogen-bond donors (Lipinski definition) is 0.